The molecule has 16 heavy (non-hydrogen) atoms. The van der Waals surface area contributed by atoms with E-state index in [9.17, 15) is 14.4 Å². The van der Waals surface area contributed by atoms with E-state index in [0.717, 1.165) is 19.3 Å². The molecule has 4 nitrogen and oxygen atoms in total. The van der Waals surface area contributed by atoms with Crippen LogP contribution in [-0.4, -0.2) is 29.0 Å². The predicted molar refractivity (Wildman–Crippen MR) is 61.7 cm³/mol. The molecule has 0 N–H and O–H groups in total. The van der Waals surface area contributed by atoms with Crippen molar-refractivity contribution in [3.63, 3.8) is 0 Å². The quantitative estimate of drug-likeness (QED) is 0.510. The Labute approximate surface area is 96.3 Å². The molecule has 0 spiro atoms. The average Bonchev–Trinajstić information content (AvgIpc) is 2.47. The second-order valence-corrected chi connectivity index (χ2v) is 3.67. The molecule has 1 aliphatic heterocycles. The van der Waals surface area contributed by atoms with Gasteiger partial charge in [-0.15, -0.1) is 0 Å². The lowest BCUT2D eigenvalue weighted by Gasteiger charge is -2.12. The third kappa shape index (κ3) is 4.38. The van der Waals surface area contributed by atoms with Gasteiger partial charge in [0.05, 0.1) is 0 Å². The second kappa shape index (κ2) is 6.93. The molecule has 0 radical (unpaired) electrons. The molecule has 1 heterocycles. The van der Waals surface area contributed by atoms with Gasteiger partial charge in [0.25, 0.3) is 11.8 Å². The number of ketones is 1. The normalized spacial score (nSPS) is 14.2. The van der Waals surface area contributed by atoms with Gasteiger partial charge in [0.1, 0.15) is 5.78 Å². The van der Waals surface area contributed by atoms with Crippen molar-refractivity contribution in [2.24, 2.45) is 0 Å². The number of Topliss-reactive ketones (excluding diaryl/α,β-unsaturated/α-hetero) is 1. The van der Waals surface area contributed by atoms with Crippen LogP contribution >= 0.6 is 0 Å². The van der Waals surface area contributed by atoms with Crippen molar-refractivity contribution in [2.75, 3.05) is 6.54 Å². The SMILES string of the molecule is C.CC(=O)CCCCCN1C(=O)C=CC1=O. The number of carbonyl (C=O) groups excluding carboxylic acids is 3. The molecule has 0 saturated carbocycles. The first-order valence-corrected chi connectivity index (χ1v) is 5.14. The Bertz CT molecular complexity index is 289. The van der Waals surface area contributed by atoms with Crippen molar-refractivity contribution in [2.45, 2.75) is 40.0 Å². The number of unbranched alkanes of at least 4 members (excludes halogenated alkanes) is 2. The Morgan fingerprint density at radius 1 is 1.12 bits per heavy atom. The maximum absolute atomic E-state index is 11.1. The summed E-state index contributed by atoms with van der Waals surface area (Å²) in [6, 6.07) is 0. The van der Waals surface area contributed by atoms with E-state index in [2.05, 4.69) is 0 Å². The van der Waals surface area contributed by atoms with E-state index in [1.54, 1.807) is 6.92 Å². The van der Waals surface area contributed by atoms with Crippen LogP contribution in [0.25, 0.3) is 0 Å². The third-order valence-corrected chi connectivity index (χ3v) is 2.31. The minimum atomic E-state index is -0.230. The van der Waals surface area contributed by atoms with Crippen LogP contribution in [-0.2, 0) is 14.4 Å². The molecule has 0 aromatic heterocycles. The third-order valence-electron chi connectivity index (χ3n) is 2.31. The van der Waals surface area contributed by atoms with Gasteiger partial charge in [-0.25, -0.2) is 0 Å². The number of hydrogen-bond donors (Lipinski definition) is 0. The van der Waals surface area contributed by atoms with Gasteiger partial charge >= 0.3 is 0 Å². The van der Waals surface area contributed by atoms with Crippen molar-refractivity contribution in [1.82, 2.24) is 4.90 Å². The minimum Gasteiger partial charge on any atom is -0.300 e. The highest BCUT2D eigenvalue weighted by atomic mass is 16.2. The molecule has 0 fully saturated rings. The van der Waals surface area contributed by atoms with Gasteiger partial charge in [-0.2, -0.15) is 0 Å². The molecule has 0 bridgehead atoms. The number of amides is 2. The fourth-order valence-corrected chi connectivity index (χ4v) is 1.47. The zero-order valence-corrected chi connectivity index (χ0v) is 8.86. The average molecular weight is 225 g/mol. The van der Waals surface area contributed by atoms with E-state index in [4.69, 9.17) is 0 Å². The summed E-state index contributed by atoms with van der Waals surface area (Å²) >= 11 is 0. The van der Waals surface area contributed by atoms with E-state index >= 15 is 0 Å². The summed E-state index contributed by atoms with van der Waals surface area (Å²) in [5, 5.41) is 0. The lowest BCUT2D eigenvalue weighted by Crippen LogP contribution is -2.30. The first-order valence-electron chi connectivity index (χ1n) is 5.14. The number of rotatable bonds is 6. The van der Waals surface area contributed by atoms with Gasteiger partial charge in [0.15, 0.2) is 0 Å². The molecule has 4 heteroatoms. The van der Waals surface area contributed by atoms with Crippen molar-refractivity contribution < 1.29 is 14.4 Å². The van der Waals surface area contributed by atoms with Crippen molar-refractivity contribution >= 4 is 17.6 Å². The number of hydrogen-bond acceptors (Lipinski definition) is 3. The van der Waals surface area contributed by atoms with Gasteiger partial charge in [0.2, 0.25) is 0 Å². The smallest absolute Gasteiger partial charge is 0.253 e. The molecule has 0 atom stereocenters. The Kier molecular flexibility index (Phi) is 6.30. The Balaban J connectivity index is 0.00000225. The molecule has 90 valence electrons. The lowest BCUT2D eigenvalue weighted by atomic mass is 10.1. The lowest BCUT2D eigenvalue weighted by molar-refractivity contribution is -0.136. The van der Waals surface area contributed by atoms with Gasteiger partial charge < -0.3 is 4.79 Å². The Morgan fingerprint density at radius 3 is 2.19 bits per heavy atom. The van der Waals surface area contributed by atoms with E-state index in [1.165, 1.54) is 17.1 Å². The molecular formula is C12H19NO3. The van der Waals surface area contributed by atoms with Gasteiger partial charge in [0, 0.05) is 25.1 Å². The molecule has 1 aliphatic rings. The molecule has 0 aliphatic carbocycles. The predicted octanol–water partition coefficient (Wildman–Crippen LogP) is 1.70. The van der Waals surface area contributed by atoms with E-state index in [0.29, 0.717) is 13.0 Å². The van der Waals surface area contributed by atoms with Crippen LogP contribution in [0.4, 0.5) is 0 Å². The van der Waals surface area contributed by atoms with Crippen LogP contribution in [0.1, 0.15) is 40.0 Å². The summed E-state index contributed by atoms with van der Waals surface area (Å²) in [6.45, 7) is 2.03. The first kappa shape index (κ1) is 14.6. The van der Waals surface area contributed by atoms with E-state index < -0.39 is 0 Å². The van der Waals surface area contributed by atoms with E-state index in [1.807, 2.05) is 0 Å². The molecule has 0 aromatic carbocycles. The van der Waals surface area contributed by atoms with Crippen LogP contribution in [0.3, 0.4) is 0 Å². The van der Waals surface area contributed by atoms with Crippen molar-refractivity contribution in [3.05, 3.63) is 12.2 Å². The maximum atomic E-state index is 11.1. The summed E-state index contributed by atoms with van der Waals surface area (Å²) in [5.41, 5.74) is 0. The summed E-state index contributed by atoms with van der Waals surface area (Å²) < 4.78 is 0. The molecule has 0 saturated heterocycles. The summed E-state index contributed by atoms with van der Waals surface area (Å²) in [6.07, 6.45) is 5.64. The maximum Gasteiger partial charge on any atom is 0.253 e. The highest BCUT2D eigenvalue weighted by molar-refractivity contribution is 6.12. The summed E-state index contributed by atoms with van der Waals surface area (Å²) in [4.78, 5) is 34.1. The van der Waals surface area contributed by atoms with Crippen LogP contribution < -0.4 is 0 Å². The highest BCUT2D eigenvalue weighted by Gasteiger charge is 2.21. The van der Waals surface area contributed by atoms with Crippen molar-refractivity contribution in [3.8, 4) is 0 Å². The minimum absolute atomic E-state index is 0. The fourth-order valence-electron chi connectivity index (χ4n) is 1.47. The highest BCUT2D eigenvalue weighted by Crippen LogP contribution is 2.07. The largest absolute Gasteiger partial charge is 0.300 e. The number of carbonyl (C=O) groups is 3. The van der Waals surface area contributed by atoms with Gasteiger partial charge in [-0.05, 0) is 19.8 Å². The van der Waals surface area contributed by atoms with Crippen molar-refractivity contribution in [1.29, 1.82) is 0 Å². The summed E-state index contributed by atoms with van der Waals surface area (Å²) in [5.74, 6) is -0.275. The standard InChI is InChI=1S/C11H15NO3.CH4/c1-9(13)5-3-2-4-8-12-10(14)6-7-11(12)15;/h6-7H,2-5,8H2,1H3;1H4. The van der Waals surface area contributed by atoms with Crippen LogP contribution in [0.15, 0.2) is 12.2 Å². The van der Waals surface area contributed by atoms with Crippen LogP contribution in [0.5, 0.6) is 0 Å². The molecule has 2 amide bonds. The molecular weight excluding hydrogens is 206 g/mol. The Morgan fingerprint density at radius 2 is 1.69 bits per heavy atom. The van der Waals surface area contributed by atoms with Crippen LogP contribution in [0.2, 0.25) is 0 Å². The van der Waals surface area contributed by atoms with Gasteiger partial charge in [-0.1, -0.05) is 13.8 Å². The number of imide groups is 1. The zero-order valence-electron chi connectivity index (χ0n) is 8.86. The molecule has 0 aromatic rings. The Hall–Kier alpha value is -1.45. The topological polar surface area (TPSA) is 54.5 Å². The summed E-state index contributed by atoms with van der Waals surface area (Å²) in [7, 11) is 0. The molecule has 0 unspecified atom stereocenters. The van der Waals surface area contributed by atoms with Gasteiger partial charge in [-0.3, -0.25) is 14.5 Å². The monoisotopic (exact) mass is 225 g/mol. The van der Waals surface area contributed by atoms with E-state index in [-0.39, 0.29) is 25.0 Å². The first-order chi connectivity index (χ1) is 7.11. The number of nitrogens with zero attached hydrogens (tertiary/aromatic N) is 1. The van der Waals surface area contributed by atoms with Crippen LogP contribution in [0, 0.1) is 0 Å². The molecule has 1 rings (SSSR count). The fraction of sp³-hybridized carbons (Fsp3) is 0.583. The zero-order chi connectivity index (χ0) is 11.3. The second-order valence-electron chi connectivity index (χ2n) is 3.67.